The van der Waals surface area contributed by atoms with E-state index in [4.69, 9.17) is 11.6 Å². The first kappa shape index (κ1) is 18.5. The molecule has 2 amide bonds. The van der Waals surface area contributed by atoms with Gasteiger partial charge in [0.1, 0.15) is 0 Å². The summed E-state index contributed by atoms with van der Waals surface area (Å²) in [4.78, 5) is 25.4. The summed E-state index contributed by atoms with van der Waals surface area (Å²) in [5, 5.41) is 3.59. The Labute approximate surface area is 137 Å². The van der Waals surface area contributed by atoms with Crippen molar-refractivity contribution in [2.45, 2.75) is 40.2 Å². The van der Waals surface area contributed by atoms with E-state index in [9.17, 15) is 9.59 Å². The molecule has 122 valence electrons. The van der Waals surface area contributed by atoms with E-state index in [1.807, 2.05) is 38.1 Å². The number of benzene rings is 1. The highest BCUT2D eigenvalue weighted by molar-refractivity contribution is 6.30. The molecule has 0 aliphatic heterocycles. The van der Waals surface area contributed by atoms with Crippen molar-refractivity contribution in [3.8, 4) is 0 Å². The molecule has 0 aliphatic rings. The van der Waals surface area contributed by atoms with E-state index in [0.29, 0.717) is 24.7 Å². The van der Waals surface area contributed by atoms with Crippen LogP contribution in [0.4, 0.5) is 0 Å². The number of amides is 2. The molecule has 0 heterocycles. The topological polar surface area (TPSA) is 49.4 Å². The molecule has 0 aliphatic carbocycles. The molecular formula is C17H25ClN2O2. The summed E-state index contributed by atoms with van der Waals surface area (Å²) < 4.78 is 0. The molecule has 0 radical (unpaired) electrons. The fraction of sp³-hybridized carbons (Fsp3) is 0.529. The Balaban J connectivity index is 2.50. The summed E-state index contributed by atoms with van der Waals surface area (Å²) in [6, 6.07) is 7.43. The van der Waals surface area contributed by atoms with Crippen LogP contribution in [0.25, 0.3) is 0 Å². The molecule has 0 saturated heterocycles. The predicted molar refractivity (Wildman–Crippen MR) is 89.6 cm³/mol. The predicted octanol–water partition coefficient (Wildman–Crippen LogP) is 3.24. The van der Waals surface area contributed by atoms with Gasteiger partial charge in [-0.05, 0) is 30.5 Å². The fourth-order valence-corrected chi connectivity index (χ4v) is 2.40. The second kappa shape index (κ2) is 9.46. The second-order valence-electron chi connectivity index (χ2n) is 5.37. The third kappa shape index (κ3) is 6.06. The van der Waals surface area contributed by atoms with Gasteiger partial charge in [0, 0.05) is 37.5 Å². The molecule has 1 aromatic rings. The van der Waals surface area contributed by atoms with Crippen LogP contribution in [0.15, 0.2) is 24.3 Å². The Morgan fingerprint density at radius 2 is 1.77 bits per heavy atom. The van der Waals surface area contributed by atoms with Gasteiger partial charge in [0.25, 0.3) is 0 Å². The summed E-state index contributed by atoms with van der Waals surface area (Å²) in [5.41, 5.74) is 1.02. The maximum Gasteiger partial charge on any atom is 0.223 e. The van der Waals surface area contributed by atoms with E-state index in [2.05, 4.69) is 5.32 Å². The van der Waals surface area contributed by atoms with E-state index >= 15 is 0 Å². The lowest BCUT2D eigenvalue weighted by molar-refractivity contribution is -0.130. The SMILES string of the molecule is CCC(CC)C(=O)NCCN(Cc1ccc(Cl)cc1)C(C)=O. The van der Waals surface area contributed by atoms with Gasteiger partial charge < -0.3 is 10.2 Å². The Morgan fingerprint density at radius 1 is 1.18 bits per heavy atom. The maximum atomic E-state index is 11.9. The van der Waals surface area contributed by atoms with E-state index in [0.717, 1.165) is 18.4 Å². The fourth-order valence-electron chi connectivity index (χ4n) is 2.28. The van der Waals surface area contributed by atoms with Gasteiger partial charge in [-0.25, -0.2) is 0 Å². The minimum Gasteiger partial charge on any atom is -0.354 e. The van der Waals surface area contributed by atoms with E-state index in [1.165, 1.54) is 0 Å². The Morgan fingerprint density at radius 3 is 2.27 bits per heavy atom. The Kier molecular flexibility index (Phi) is 7.96. The standard InChI is InChI=1S/C17H25ClN2O2/c1-4-15(5-2)17(22)19-10-11-20(13(3)21)12-14-6-8-16(18)9-7-14/h6-9,15H,4-5,10-12H2,1-3H3,(H,19,22). The molecule has 1 aromatic carbocycles. The monoisotopic (exact) mass is 324 g/mol. The zero-order valence-corrected chi connectivity index (χ0v) is 14.3. The average Bonchev–Trinajstić information content (AvgIpc) is 2.49. The lowest BCUT2D eigenvalue weighted by atomic mass is 10.0. The van der Waals surface area contributed by atoms with Gasteiger partial charge in [-0.2, -0.15) is 0 Å². The highest BCUT2D eigenvalue weighted by Crippen LogP contribution is 2.11. The molecule has 0 aromatic heterocycles. The van der Waals surface area contributed by atoms with Crippen molar-refractivity contribution in [3.05, 3.63) is 34.9 Å². The number of halogens is 1. The Hall–Kier alpha value is -1.55. The third-order valence-corrected chi connectivity index (χ3v) is 4.02. The van der Waals surface area contributed by atoms with Crippen molar-refractivity contribution in [2.24, 2.45) is 5.92 Å². The average molecular weight is 325 g/mol. The molecule has 0 unspecified atom stereocenters. The molecule has 4 nitrogen and oxygen atoms in total. The summed E-state index contributed by atoms with van der Waals surface area (Å²) in [7, 11) is 0. The minimum atomic E-state index is -0.00766. The van der Waals surface area contributed by atoms with Crippen molar-refractivity contribution in [1.82, 2.24) is 10.2 Å². The number of rotatable bonds is 8. The maximum absolute atomic E-state index is 11.9. The van der Waals surface area contributed by atoms with Crippen LogP contribution in [0, 0.1) is 5.92 Å². The summed E-state index contributed by atoms with van der Waals surface area (Å²) in [6.07, 6.45) is 1.67. The first-order valence-corrected chi connectivity index (χ1v) is 8.13. The normalized spacial score (nSPS) is 10.6. The smallest absolute Gasteiger partial charge is 0.223 e. The van der Waals surface area contributed by atoms with Crippen LogP contribution in [0.1, 0.15) is 39.2 Å². The summed E-state index contributed by atoms with van der Waals surface area (Å²) >= 11 is 5.86. The number of nitrogens with one attached hydrogen (secondary N) is 1. The van der Waals surface area contributed by atoms with Crippen LogP contribution in [0.2, 0.25) is 5.02 Å². The number of hydrogen-bond acceptors (Lipinski definition) is 2. The van der Waals surface area contributed by atoms with Crippen LogP contribution in [-0.4, -0.2) is 29.8 Å². The molecular weight excluding hydrogens is 300 g/mol. The number of nitrogens with zero attached hydrogens (tertiary/aromatic N) is 1. The molecule has 22 heavy (non-hydrogen) atoms. The van der Waals surface area contributed by atoms with Crippen LogP contribution in [-0.2, 0) is 16.1 Å². The third-order valence-electron chi connectivity index (χ3n) is 3.77. The van der Waals surface area contributed by atoms with Crippen molar-refractivity contribution in [2.75, 3.05) is 13.1 Å². The quantitative estimate of drug-likeness (QED) is 0.798. The number of carbonyl (C=O) groups excluding carboxylic acids is 2. The molecule has 0 spiro atoms. The van der Waals surface area contributed by atoms with Crippen LogP contribution < -0.4 is 5.32 Å². The van der Waals surface area contributed by atoms with Crippen molar-refractivity contribution < 1.29 is 9.59 Å². The van der Waals surface area contributed by atoms with Crippen LogP contribution in [0.5, 0.6) is 0 Å². The van der Waals surface area contributed by atoms with Gasteiger partial charge in [-0.3, -0.25) is 9.59 Å². The first-order valence-electron chi connectivity index (χ1n) is 7.75. The van der Waals surface area contributed by atoms with Crippen molar-refractivity contribution in [3.63, 3.8) is 0 Å². The molecule has 5 heteroatoms. The summed E-state index contributed by atoms with van der Waals surface area (Å²) in [6.45, 7) is 7.06. The number of carbonyl (C=O) groups is 2. The zero-order chi connectivity index (χ0) is 16.5. The number of hydrogen-bond donors (Lipinski definition) is 1. The van der Waals surface area contributed by atoms with E-state index in [1.54, 1.807) is 11.8 Å². The zero-order valence-electron chi connectivity index (χ0n) is 13.6. The van der Waals surface area contributed by atoms with Crippen molar-refractivity contribution >= 4 is 23.4 Å². The molecule has 0 atom stereocenters. The molecule has 1 rings (SSSR count). The van der Waals surface area contributed by atoms with E-state index in [-0.39, 0.29) is 17.7 Å². The largest absolute Gasteiger partial charge is 0.354 e. The van der Waals surface area contributed by atoms with Gasteiger partial charge >= 0.3 is 0 Å². The molecule has 0 saturated carbocycles. The highest BCUT2D eigenvalue weighted by atomic mass is 35.5. The van der Waals surface area contributed by atoms with Crippen LogP contribution in [0.3, 0.4) is 0 Å². The van der Waals surface area contributed by atoms with E-state index < -0.39 is 0 Å². The van der Waals surface area contributed by atoms with Gasteiger partial charge in [0.2, 0.25) is 11.8 Å². The van der Waals surface area contributed by atoms with Gasteiger partial charge in [-0.1, -0.05) is 37.6 Å². The van der Waals surface area contributed by atoms with Crippen LogP contribution >= 0.6 is 11.6 Å². The molecule has 1 N–H and O–H groups in total. The first-order chi connectivity index (χ1) is 10.5. The molecule has 0 fully saturated rings. The molecule has 0 bridgehead atoms. The van der Waals surface area contributed by atoms with Gasteiger partial charge in [-0.15, -0.1) is 0 Å². The second-order valence-corrected chi connectivity index (χ2v) is 5.81. The highest BCUT2D eigenvalue weighted by Gasteiger charge is 2.14. The van der Waals surface area contributed by atoms with Crippen molar-refractivity contribution in [1.29, 1.82) is 0 Å². The summed E-state index contributed by atoms with van der Waals surface area (Å²) in [5.74, 6) is 0.119. The van der Waals surface area contributed by atoms with Gasteiger partial charge in [0.05, 0.1) is 0 Å². The Bertz CT molecular complexity index is 484. The van der Waals surface area contributed by atoms with Gasteiger partial charge in [0.15, 0.2) is 0 Å². The lowest BCUT2D eigenvalue weighted by Crippen LogP contribution is -2.39. The lowest BCUT2D eigenvalue weighted by Gasteiger charge is -2.22. The minimum absolute atomic E-state index is 0.00766.